The average molecular weight is 294 g/mol. The van der Waals surface area contributed by atoms with Gasteiger partial charge >= 0.3 is 0 Å². The minimum Gasteiger partial charge on any atom is -0.370 e. The molecule has 1 aliphatic heterocycles. The van der Waals surface area contributed by atoms with Crippen LogP contribution in [0.25, 0.3) is 0 Å². The molecule has 0 amide bonds. The topological polar surface area (TPSA) is 3.24 Å². The van der Waals surface area contributed by atoms with Gasteiger partial charge in [0.05, 0.1) is 0 Å². The monoisotopic (exact) mass is 293 g/mol. The third-order valence-electron chi connectivity index (χ3n) is 5.63. The SMILES string of the molecule is C=C(C)N1CC(C)(C)CC(C)CCC(C)(CC)CC1(C)C. The molecule has 1 nitrogen and oxygen atoms in total. The third kappa shape index (κ3) is 5.04. The van der Waals surface area contributed by atoms with E-state index in [2.05, 4.69) is 66.9 Å². The predicted molar refractivity (Wildman–Crippen MR) is 95.4 cm³/mol. The highest BCUT2D eigenvalue weighted by atomic mass is 15.2. The number of nitrogens with zero attached hydrogens (tertiary/aromatic N) is 1. The Morgan fingerprint density at radius 1 is 1.19 bits per heavy atom. The molecular weight excluding hydrogens is 254 g/mol. The molecule has 1 heterocycles. The Morgan fingerprint density at radius 2 is 1.76 bits per heavy atom. The fraction of sp³-hybridized carbons (Fsp3) is 0.900. The third-order valence-corrected chi connectivity index (χ3v) is 5.63. The molecule has 0 aromatic heterocycles. The summed E-state index contributed by atoms with van der Waals surface area (Å²) in [6, 6.07) is 0. The van der Waals surface area contributed by atoms with E-state index in [4.69, 9.17) is 0 Å². The van der Waals surface area contributed by atoms with Gasteiger partial charge in [-0.3, -0.25) is 0 Å². The summed E-state index contributed by atoms with van der Waals surface area (Å²) >= 11 is 0. The highest BCUT2D eigenvalue weighted by Gasteiger charge is 2.39. The summed E-state index contributed by atoms with van der Waals surface area (Å²) in [7, 11) is 0. The lowest BCUT2D eigenvalue weighted by Gasteiger charge is -2.50. The van der Waals surface area contributed by atoms with Gasteiger partial charge in [0.15, 0.2) is 0 Å². The molecule has 21 heavy (non-hydrogen) atoms. The lowest BCUT2D eigenvalue weighted by molar-refractivity contribution is 0.0373. The molecule has 0 aromatic rings. The standard InChI is InChI=1S/C20H39N/c1-10-20(9)12-11-17(4)13-18(5,6)15-21(16(2)3)19(7,8)14-20/h17H,2,10-15H2,1,3-9H3. The van der Waals surface area contributed by atoms with Gasteiger partial charge in [0, 0.05) is 17.8 Å². The van der Waals surface area contributed by atoms with Gasteiger partial charge in [-0.2, -0.15) is 0 Å². The quantitative estimate of drug-likeness (QED) is 0.581. The Bertz CT molecular complexity index is 366. The Morgan fingerprint density at radius 3 is 2.24 bits per heavy atom. The Kier molecular flexibility index (Phi) is 5.61. The molecule has 0 N–H and O–H groups in total. The molecule has 1 heteroatoms. The van der Waals surface area contributed by atoms with E-state index in [1.807, 2.05) is 0 Å². The van der Waals surface area contributed by atoms with E-state index < -0.39 is 0 Å². The van der Waals surface area contributed by atoms with Gasteiger partial charge in [0.1, 0.15) is 0 Å². The van der Waals surface area contributed by atoms with Gasteiger partial charge in [0.25, 0.3) is 0 Å². The fourth-order valence-corrected chi connectivity index (χ4v) is 4.53. The van der Waals surface area contributed by atoms with Crippen LogP contribution in [0.2, 0.25) is 0 Å². The second-order valence-corrected chi connectivity index (χ2v) is 9.49. The van der Waals surface area contributed by atoms with Crippen molar-refractivity contribution in [3.63, 3.8) is 0 Å². The van der Waals surface area contributed by atoms with Crippen molar-refractivity contribution in [1.82, 2.24) is 4.90 Å². The van der Waals surface area contributed by atoms with E-state index in [1.54, 1.807) is 0 Å². The minimum atomic E-state index is 0.189. The van der Waals surface area contributed by atoms with Crippen LogP contribution in [0.5, 0.6) is 0 Å². The molecule has 0 aromatic carbocycles. The van der Waals surface area contributed by atoms with Crippen molar-refractivity contribution >= 4 is 0 Å². The van der Waals surface area contributed by atoms with Crippen LogP contribution in [0.15, 0.2) is 12.3 Å². The molecule has 2 unspecified atom stereocenters. The summed E-state index contributed by atoms with van der Waals surface area (Å²) in [5.74, 6) is 0.819. The summed E-state index contributed by atoms with van der Waals surface area (Å²) in [6.45, 7) is 24.6. The van der Waals surface area contributed by atoms with Gasteiger partial charge in [-0.1, -0.05) is 54.0 Å². The first kappa shape index (κ1) is 18.6. The maximum absolute atomic E-state index is 4.28. The zero-order valence-electron chi connectivity index (χ0n) is 16.0. The fourth-order valence-electron chi connectivity index (χ4n) is 4.53. The summed E-state index contributed by atoms with van der Waals surface area (Å²) in [6.07, 6.45) is 6.57. The van der Waals surface area contributed by atoms with Crippen molar-refractivity contribution in [2.75, 3.05) is 6.54 Å². The molecule has 124 valence electrons. The molecule has 1 rings (SSSR count). The van der Waals surface area contributed by atoms with Crippen LogP contribution in [-0.4, -0.2) is 17.0 Å². The van der Waals surface area contributed by atoms with Crippen molar-refractivity contribution in [2.24, 2.45) is 16.7 Å². The molecule has 1 saturated heterocycles. The van der Waals surface area contributed by atoms with E-state index in [0.717, 1.165) is 12.5 Å². The van der Waals surface area contributed by atoms with E-state index >= 15 is 0 Å². The summed E-state index contributed by atoms with van der Waals surface area (Å²) < 4.78 is 0. The maximum atomic E-state index is 4.28. The number of hydrogen-bond acceptors (Lipinski definition) is 1. The van der Waals surface area contributed by atoms with E-state index in [1.165, 1.54) is 37.8 Å². The summed E-state index contributed by atoms with van der Waals surface area (Å²) in [5.41, 5.74) is 2.22. The Hall–Kier alpha value is -0.460. The highest BCUT2D eigenvalue weighted by molar-refractivity contribution is 5.02. The van der Waals surface area contributed by atoms with Crippen LogP contribution >= 0.6 is 0 Å². The van der Waals surface area contributed by atoms with Crippen molar-refractivity contribution in [2.45, 2.75) is 93.0 Å². The Labute approximate surface area is 134 Å². The van der Waals surface area contributed by atoms with Crippen LogP contribution in [0.4, 0.5) is 0 Å². The van der Waals surface area contributed by atoms with Gasteiger partial charge in [-0.25, -0.2) is 0 Å². The van der Waals surface area contributed by atoms with Crippen LogP contribution in [0.1, 0.15) is 87.5 Å². The van der Waals surface area contributed by atoms with Gasteiger partial charge < -0.3 is 4.90 Å². The van der Waals surface area contributed by atoms with Crippen LogP contribution < -0.4 is 0 Å². The van der Waals surface area contributed by atoms with E-state index in [-0.39, 0.29) is 5.54 Å². The molecule has 0 aliphatic carbocycles. The normalized spacial score (nSPS) is 33.5. The van der Waals surface area contributed by atoms with Crippen LogP contribution in [0.3, 0.4) is 0 Å². The minimum absolute atomic E-state index is 0.189. The Balaban J connectivity index is 3.15. The van der Waals surface area contributed by atoms with Crippen molar-refractivity contribution in [3.8, 4) is 0 Å². The molecule has 0 radical (unpaired) electrons. The lowest BCUT2D eigenvalue weighted by Crippen LogP contribution is -2.50. The van der Waals surface area contributed by atoms with Gasteiger partial charge in [-0.15, -0.1) is 0 Å². The smallest absolute Gasteiger partial charge is 0.0348 e. The van der Waals surface area contributed by atoms with Crippen molar-refractivity contribution in [3.05, 3.63) is 12.3 Å². The zero-order chi connectivity index (χ0) is 16.5. The van der Waals surface area contributed by atoms with E-state index in [9.17, 15) is 0 Å². The van der Waals surface area contributed by atoms with Gasteiger partial charge in [-0.05, 0) is 56.8 Å². The molecular formula is C20H39N. The second kappa shape index (κ2) is 6.34. The van der Waals surface area contributed by atoms with E-state index in [0.29, 0.717) is 10.8 Å². The molecule has 1 aliphatic rings. The molecule has 0 spiro atoms. The molecule has 1 fully saturated rings. The lowest BCUT2D eigenvalue weighted by atomic mass is 9.69. The first-order valence-corrected chi connectivity index (χ1v) is 8.84. The van der Waals surface area contributed by atoms with Crippen LogP contribution in [0, 0.1) is 16.7 Å². The summed E-state index contributed by atoms with van der Waals surface area (Å²) in [4.78, 5) is 2.58. The number of allylic oxidation sites excluding steroid dienone is 1. The number of hydrogen-bond donors (Lipinski definition) is 0. The first-order valence-electron chi connectivity index (χ1n) is 8.84. The molecule has 0 saturated carbocycles. The highest BCUT2D eigenvalue weighted by Crippen LogP contribution is 2.44. The van der Waals surface area contributed by atoms with Crippen LogP contribution in [-0.2, 0) is 0 Å². The maximum Gasteiger partial charge on any atom is 0.0348 e. The van der Waals surface area contributed by atoms with Gasteiger partial charge in [0.2, 0.25) is 0 Å². The first-order chi connectivity index (χ1) is 9.41. The molecule has 2 atom stereocenters. The summed E-state index contributed by atoms with van der Waals surface area (Å²) in [5, 5.41) is 0. The molecule has 0 bridgehead atoms. The number of rotatable bonds is 2. The average Bonchev–Trinajstić information content (AvgIpc) is 2.31. The second-order valence-electron chi connectivity index (χ2n) is 9.49. The van der Waals surface area contributed by atoms with Crippen molar-refractivity contribution < 1.29 is 0 Å². The van der Waals surface area contributed by atoms with Crippen molar-refractivity contribution in [1.29, 1.82) is 0 Å². The largest absolute Gasteiger partial charge is 0.370 e. The predicted octanol–water partition coefficient (Wildman–Crippen LogP) is 6.25. The zero-order valence-corrected chi connectivity index (χ0v) is 16.0.